The fraction of sp³-hybridized carbons (Fsp3) is 1.00. The zero-order valence-electron chi connectivity index (χ0n) is 8.25. The van der Waals surface area contributed by atoms with Crippen molar-refractivity contribution in [3.63, 3.8) is 0 Å². The van der Waals surface area contributed by atoms with Crippen molar-refractivity contribution in [2.75, 3.05) is 21.3 Å². The van der Waals surface area contributed by atoms with Crippen molar-refractivity contribution in [1.29, 1.82) is 0 Å². The van der Waals surface area contributed by atoms with Crippen LogP contribution in [0.3, 0.4) is 0 Å². The highest BCUT2D eigenvalue weighted by Crippen LogP contribution is 2.15. The monoisotopic (exact) mass is 198 g/mol. The van der Waals surface area contributed by atoms with E-state index in [1.54, 1.807) is 21.3 Å². The van der Waals surface area contributed by atoms with Gasteiger partial charge in [-0.05, 0) is 6.42 Å². The average molecular weight is 198 g/mol. The van der Waals surface area contributed by atoms with Crippen molar-refractivity contribution >= 4 is 8.80 Å². The second-order valence-corrected chi connectivity index (χ2v) is 5.49. The molecule has 0 bridgehead atoms. The Bertz CT molecular complexity index is 90.4. The summed E-state index contributed by atoms with van der Waals surface area (Å²) < 4.78 is 15.7. The number of hydrogen-bond donors (Lipinski definition) is 0. The molecule has 3 nitrogen and oxygen atoms in total. The molecule has 5 heteroatoms. The third-order valence-electron chi connectivity index (χ3n) is 1.77. The minimum Gasteiger partial charge on any atom is -0.377 e. The summed E-state index contributed by atoms with van der Waals surface area (Å²) in [6.07, 6.45) is 2.24. The first-order valence-electron chi connectivity index (χ1n) is 3.90. The fourth-order valence-corrected chi connectivity index (χ4v) is 2.85. The van der Waals surface area contributed by atoms with Gasteiger partial charge in [-0.1, -0.05) is 13.3 Å². The van der Waals surface area contributed by atoms with Crippen LogP contribution in [-0.4, -0.2) is 30.1 Å². The van der Waals surface area contributed by atoms with Gasteiger partial charge in [0.1, 0.15) is 0 Å². The van der Waals surface area contributed by atoms with Gasteiger partial charge in [0.2, 0.25) is 0 Å². The van der Waals surface area contributed by atoms with Crippen LogP contribution in [0.1, 0.15) is 19.8 Å². The van der Waals surface area contributed by atoms with Crippen LogP contribution in [0.15, 0.2) is 0 Å². The van der Waals surface area contributed by atoms with Crippen molar-refractivity contribution in [1.82, 2.24) is 0 Å². The SMILES string of the molecule is CCCC[Si](OC)(OC)OC.F. The Morgan fingerprint density at radius 2 is 1.42 bits per heavy atom. The molecule has 0 heterocycles. The van der Waals surface area contributed by atoms with Gasteiger partial charge in [0.15, 0.2) is 0 Å². The minimum atomic E-state index is -2.24. The minimum absolute atomic E-state index is 0. The van der Waals surface area contributed by atoms with Gasteiger partial charge in [-0.3, -0.25) is 4.70 Å². The zero-order chi connectivity index (χ0) is 8.74. The molecule has 0 rings (SSSR count). The van der Waals surface area contributed by atoms with Crippen molar-refractivity contribution in [2.45, 2.75) is 25.8 Å². The molecule has 0 N–H and O–H groups in total. The predicted octanol–water partition coefficient (Wildman–Crippen LogP) is 1.82. The molecule has 0 atom stereocenters. The summed E-state index contributed by atoms with van der Waals surface area (Å²) in [7, 11) is 2.70. The van der Waals surface area contributed by atoms with E-state index in [1.165, 1.54) is 0 Å². The summed E-state index contributed by atoms with van der Waals surface area (Å²) in [5.41, 5.74) is 0. The van der Waals surface area contributed by atoms with Gasteiger partial charge in [-0.2, -0.15) is 0 Å². The van der Waals surface area contributed by atoms with Gasteiger partial charge in [0.25, 0.3) is 0 Å². The fourth-order valence-electron chi connectivity index (χ4n) is 0.949. The Morgan fingerprint density at radius 3 is 1.67 bits per heavy atom. The molecule has 0 aromatic rings. The molecule has 0 spiro atoms. The molecule has 0 saturated heterocycles. The molecule has 0 aliphatic carbocycles. The third kappa shape index (κ3) is 4.15. The number of hydrogen-bond acceptors (Lipinski definition) is 3. The van der Waals surface area contributed by atoms with Crippen LogP contribution in [0.5, 0.6) is 0 Å². The maximum Gasteiger partial charge on any atom is 0.500 e. The van der Waals surface area contributed by atoms with E-state index in [4.69, 9.17) is 13.3 Å². The Hall–Kier alpha value is 0.0269. The van der Waals surface area contributed by atoms with Gasteiger partial charge in [0.05, 0.1) is 0 Å². The first-order chi connectivity index (χ1) is 5.24. The van der Waals surface area contributed by atoms with Crippen molar-refractivity contribution in [2.24, 2.45) is 0 Å². The molecular weight excluding hydrogens is 179 g/mol. The first-order valence-corrected chi connectivity index (χ1v) is 5.83. The van der Waals surface area contributed by atoms with E-state index in [9.17, 15) is 0 Å². The number of halogens is 1. The smallest absolute Gasteiger partial charge is 0.377 e. The lowest BCUT2D eigenvalue weighted by Gasteiger charge is -2.23. The molecule has 0 saturated carbocycles. The highest BCUT2D eigenvalue weighted by molar-refractivity contribution is 6.60. The van der Waals surface area contributed by atoms with Crippen LogP contribution < -0.4 is 0 Å². The van der Waals surface area contributed by atoms with Crippen LogP contribution in [0.4, 0.5) is 4.70 Å². The molecule has 0 fully saturated rings. The summed E-state index contributed by atoms with van der Waals surface area (Å²) in [5.74, 6) is 0. The lowest BCUT2D eigenvalue weighted by Crippen LogP contribution is -2.42. The van der Waals surface area contributed by atoms with E-state index >= 15 is 0 Å². The summed E-state index contributed by atoms with van der Waals surface area (Å²) in [5, 5.41) is 0. The lowest BCUT2D eigenvalue weighted by molar-refractivity contribution is 0.123. The van der Waals surface area contributed by atoms with Gasteiger partial charge in [0, 0.05) is 27.4 Å². The zero-order valence-corrected chi connectivity index (χ0v) is 9.25. The predicted molar refractivity (Wildman–Crippen MR) is 49.0 cm³/mol. The highest BCUT2D eigenvalue weighted by Gasteiger charge is 2.36. The van der Waals surface area contributed by atoms with Crippen LogP contribution in [0.2, 0.25) is 6.04 Å². The molecule has 0 aromatic heterocycles. The topological polar surface area (TPSA) is 27.7 Å². The van der Waals surface area contributed by atoms with Crippen LogP contribution in [-0.2, 0) is 13.3 Å². The average Bonchev–Trinajstić information content (AvgIpc) is 2.08. The van der Waals surface area contributed by atoms with E-state index in [0.29, 0.717) is 0 Å². The second-order valence-electron chi connectivity index (χ2n) is 2.40. The quantitative estimate of drug-likeness (QED) is 0.609. The Morgan fingerprint density at radius 1 is 1.00 bits per heavy atom. The number of unbranched alkanes of at least 4 members (excludes halogenated alkanes) is 1. The van der Waals surface area contributed by atoms with Crippen molar-refractivity contribution < 1.29 is 18.0 Å². The van der Waals surface area contributed by atoms with Gasteiger partial charge >= 0.3 is 8.80 Å². The molecular formula is C7H19FO3Si. The molecule has 0 aliphatic rings. The lowest BCUT2D eigenvalue weighted by atomic mass is 10.4. The van der Waals surface area contributed by atoms with Crippen molar-refractivity contribution in [3.05, 3.63) is 0 Å². The van der Waals surface area contributed by atoms with Crippen LogP contribution in [0.25, 0.3) is 0 Å². The van der Waals surface area contributed by atoms with Crippen molar-refractivity contribution in [3.8, 4) is 0 Å². The van der Waals surface area contributed by atoms with Crippen LogP contribution in [0, 0.1) is 0 Å². The second kappa shape index (κ2) is 7.66. The Balaban J connectivity index is 0. The summed E-state index contributed by atoms with van der Waals surface area (Å²) >= 11 is 0. The van der Waals surface area contributed by atoms with Gasteiger partial charge in [-0.25, -0.2) is 0 Å². The Labute approximate surface area is 74.7 Å². The van der Waals surface area contributed by atoms with E-state index in [0.717, 1.165) is 18.9 Å². The largest absolute Gasteiger partial charge is 0.500 e. The van der Waals surface area contributed by atoms with Crippen LogP contribution >= 0.6 is 0 Å². The molecule has 0 aliphatic heterocycles. The van der Waals surface area contributed by atoms with E-state index in [-0.39, 0.29) is 4.70 Å². The Kier molecular flexibility index (Phi) is 9.29. The van der Waals surface area contributed by atoms with E-state index < -0.39 is 8.80 Å². The molecule has 12 heavy (non-hydrogen) atoms. The normalized spacial score (nSPS) is 11.0. The maximum absolute atomic E-state index is 5.23. The van der Waals surface area contributed by atoms with E-state index in [2.05, 4.69) is 6.92 Å². The molecule has 0 radical (unpaired) electrons. The molecule has 76 valence electrons. The molecule has 0 amide bonds. The van der Waals surface area contributed by atoms with Gasteiger partial charge in [-0.15, -0.1) is 0 Å². The summed E-state index contributed by atoms with van der Waals surface area (Å²) in [6, 6.07) is 0.910. The van der Waals surface area contributed by atoms with Gasteiger partial charge < -0.3 is 13.3 Å². The summed E-state index contributed by atoms with van der Waals surface area (Å²) in [4.78, 5) is 0. The first kappa shape index (κ1) is 14.5. The maximum atomic E-state index is 5.23. The summed E-state index contributed by atoms with van der Waals surface area (Å²) in [6.45, 7) is 2.14. The molecule has 0 unspecified atom stereocenters. The number of rotatable bonds is 6. The standard InChI is InChI=1S/C7H18O3Si.FH/c1-5-6-7-11(8-2,9-3)10-4;/h5-7H2,1-4H3;1H. The van der Waals surface area contributed by atoms with E-state index in [1.807, 2.05) is 0 Å². The third-order valence-corrected chi connectivity index (χ3v) is 4.60. The highest BCUT2D eigenvalue weighted by atomic mass is 28.4. The molecule has 0 aromatic carbocycles.